The number of rotatable bonds is 6. The minimum atomic E-state index is -0.361. The zero-order valence-electron chi connectivity index (χ0n) is 11.7. The summed E-state index contributed by atoms with van der Waals surface area (Å²) >= 11 is 0. The van der Waals surface area contributed by atoms with Crippen LogP contribution in [0.5, 0.6) is 0 Å². The van der Waals surface area contributed by atoms with Crippen molar-refractivity contribution in [2.75, 3.05) is 32.9 Å². The maximum Gasteiger partial charge on any atom is 0.239 e. The summed E-state index contributed by atoms with van der Waals surface area (Å²) in [4.78, 5) is 14.0. The summed E-state index contributed by atoms with van der Waals surface area (Å²) < 4.78 is 5.31. The molecular weight excluding hydrogens is 232 g/mol. The Hall–Kier alpha value is -0.650. The van der Waals surface area contributed by atoms with Crippen LogP contribution in [0.4, 0.5) is 0 Å². The Morgan fingerprint density at radius 1 is 1.39 bits per heavy atom. The van der Waals surface area contributed by atoms with E-state index in [1.54, 1.807) is 0 Å². The summed E-state index contributed by atoms with van der Waals surface area (Å²) in [5, 5.41) is 12.9. The van der Waals surface area contributed by atoms with E-state index in [4.69, 9.17) is 4.74 Å². The molecule has 0 aliphatic carbocycles. The molecule has 0 saturated carbocycles. The lowest BCUT2D eigenvalue weighted by atomic mass is 9.90. The Morgan fingerprint density at radius 3 is 2.39 bits per heavy atom. The molecule has 0 radical (unpaired) electrons. The van der Waals surface area contributed by atoms with E-state index in [0.29, 0.717) is 13.2 Å². The molecule has 1 heterocycles. The van der Waals surface area contributed by atoms with Crippen molar-refractivity contribution in [3.63, 3.8) is 0 Å². The molecule has 0 aromatic rings. The molecule has 1 fully saturated rings. The largest absolute Gasteiger partial charge is 0.394 e. The SMILES string of the molecule is CCN(CC)C(=O)C(C)NC1(CO)CCOCC1. The molecule has 1 rings (SSSR count). The highest BCUT2D eigenvalue weighted by Crippen LogP contribution is 2.21. The third-order valence-electron chi connectivity index (χ3n) is 3.72. The van der Waals surface area contributed by atoms with Crippen LogP contribution in [0.15, 0.2) is 0 Å². The van der Waals surface area contributed by atoms with Crippen LogP contribution in [-0.2, 0) is 9.53 Å². The van der Waals surface area contributed by atoms with Gasteiger partial charge >= 0.3 is 0 Å². The number of aliphatic hydroxyl groups excluding tert-OH is 1. The topological polar surface area (TPSA) is 61.8 Å². The number of aliphatic hydroxyl groups is 1. The second kappa shape index (κ2) is 7.07. The van der Waals surface area contributed by atoms with E-state index in [0.717, 1.165) is 25.9 Å². The molecule has 5 heteroatoms. The van der Waals surface area contributed by atoms with Crippen LogP contribution in [-0.4, -0.2) is 60.4 Å². The number of ether oxygens (including phenoxy) is 1. The normalized spacial score (nSPS) is 20.4. The smallest absolute Gasteiger partial charge is 0.239 e. The summed E-state index contributed by atoms with van der Waals surface area (Å²) in [5.74, 6) is 0.0966. The number of likely N-dealkylation sites (N-methyl/N-ethyl adjacent to an activating group) is 1. The highest BCUT2D eigenvalue weighted by Gasteiger charge is 2.35. The quantitative estimate of drug-likeness (QED) is 0.723. The molecule has 1 saturated heterocycles. The molecule has 0 spiro atoms. The van der Waals surface area contributed by atoms with Gasteiger partial charge in [0.1, 0.15) is 0 Å². The summed E-state index contributed by atoms with van der Waals surface area (Å²) in [6.07, 6.45) is 1.50. The highest BCUT2D eigenvalue weighted by molar-refractivity contribution is 5.81. The molecule has 0 aromatic carbocycles. The summed E-state index contributed by atoms with van der Waals surface area (Å²) in [5.41, 5.74) is -0.361. The van der Waals surface area contributed by atoms with Gasteiger partial charge in [0.15, 0.2) is 0 Å². The Kier molecular flexibility index (Phi) is 6.05. The van der Waals surface area contributed by atoms with Crippen molar-refractivity contribution in [3.05, 3.63) is 0 Å². The molecular formula is C13H26N2O3. The van der Waals surface area contributed by atoms with E-state index in [2.05, 4.69) is 5.32 Å². The third kappa shape index (κ3) is 3.67. The lowest BCUT2D eigenvalue weighted by molar-refractivity contribution is -0.133. The Balaban J connectivity index is 2.60. The van der Waals surface area contributed by atoms with Crippen LogP contribution in [0.1, 0.15) is 33.6 Å². The third-order valence-corrected chi connectivity index (χ3v) is 3.72. The van der Waals surface area contributed by atoms with Gasteiger partial charge in [0.2, 0.25) is 5.91 Å². The van der Waals surface area contributed by atoms with Gasteiger partial charge in [-0.3, -0.25) is 10.1 Å². The van der Waals surface area contributed by atoms with Crippen molar-refractivity contribution < 1.29 is 14.6 Å². The van der Waals surface area contributed by atoms with Crippen molar-refractivity contribution in [2.45, 2.75) is 45.2 Å². The first-order valence-corrected chi connectivity index (χ1v) is 6.83. The fourth-order valence-corrected chi connectivity index (χ4v) is 2.44. The first-order chi connectivity index (χ1) is 8.58. The van der Waals surface area contributed by atoms with Crippen LogP contribution >= 0.6 is 0 Å². The number of nitrogens with one attached hydrogen (secondary N) is 1. The molecule has 106 valence electrons. The molecule has 1 atom stereocenters. The first kappa shape index (κ1) is 15.4. The van der Waals surface area contributed by atoms with Gasteiger partial charge in [-0.05, 0) is 33.6 Å². The van der Waals surface area contributed by atoms with Crippen molar-refractivity contribution >= 4 is 5.91 Å². The number of nitrogens with zero attached hydrogens (tertiary/aromatic N) is 1. The number of carbonyl (C=O) groups is 1. The average molecular weight is 258 g/mol. The van der Waals surface area contributed by atoms with E-state index in [1.807, 2.05) is 25.7 Å². The molecule has 2 N–H and O–H groups in total. The second-order valence-electron chi connectivity index (χ2n) is 4.93. The molecule has 1 aliphatic rings. The van der Waals surface area contributed by atoms with Crippen LogP contribution in [0.25, 0.3) is 0 Å². The average Bonchev–Trinajstić information content (AvgIpc) is 2.41. The summed E-state index contributed by atoms with van der Waals surface area (Å²) in [6, 6.07) is -0.268. The molecule has 18 heavy (non-hydrogen) atoms. The van der Waals surface area contributed by atoms with Gasteiger partial charge < -0.3 is 14.7 Å². The fraction of sp³-hybridized carbons (Fsp3) is 0.923. The standard InChI is InChI=1S/C13H26N2O3/c1-4-15(5-2)12(17)11(3)14-13(10-16)6-8-18-9-7-13/h11,14,16H,4-10H2,1-3H3. The number of hydrogen-bond acceptors (Lipinski definition) is 4. The van der Waals surface area contributed by atoms with Crippen molar-refractivity contribution in [3.8, 4) is 0 Å². The predicted octanol–water partition coefficient (Wildman–Crippen LogP) is 0.374. The van der Waals surface area contributed by atoms with E-state index >= 15 is 0 Å². The van der Waals surface area contributed by atoms with Crippen LogP contribution in [0.2, 0.25) is 0 Å². The van der Waals surface area contributed by atoms with Crippen molar-refractivity contribution in [1.82, 2.24) is 10.2 Å². The zero-order valence-corrected chi connectivity index (χ0v) is 11.7. The number of carbonyl (C=O) groups excluding carboxylic acids is 1. The zero-order chi connectivity index (χ0) is 13.6. The molecule has 1 amide bonds. The van der Waals surface area contributed by atoms with Gasteiger partial charge in [0, 0.05) is 31.8 Å². The fourth-order valence-electron chi connectivity index (χ4n) is 2.44. The van der Waals surface area contributed by atoms with E-state index in [1.165, 1.54) is 0 Å². The van der Waals surface area contributed by atoms with E-state index in [-0.39, 0.29) is 24.1 Å². The molecule has 0 bridgehead atoms. The lowest BCUT2D eigenvalue weighted by Crippen LogP contribution is -2.59. The summed E-state index contributed by atoms with van der Waals surface area (Å²) in [6.45, 7) is 8.58. The van der Waals surface area contributed by atoms with Gasteiger partial charge in [0.25, 0.3) is 0 Å². The lowest BCUT2D eigenvalue weighted by Gasteiger charge is -2.39. The van der Waals surface area contributed by atoms with E-state index < -0.39 is 0 Å². The monoisotopic (exact) mass is 258 g/mol. The predicted molar refractivity (Wildman–Crippen MR) is 70.4 cm³/mol. The molecule has 1 unspecified atom stereocenters. The van der Waals surface area contributed by atoms with Gasteiger partial charge in [-0.1, -0.05) is 0 Å². The molecule has 5 nitrogen and oxygen atoms in total. The maximum absolute atomic E-state index is 12.2. The number of hydrogen-bond donors (Lipinski definition) is 2. The van der Waals surface area contributed by atoms with Crippen LogP contribution < -0.4 is 5.32 Å². The minimum Gasteiger partial charge on any atom is -0.394 e. The maximum atomic E-state index is 12.2. The molecule has 0 aromatic heterocycles. The van der Waals surface area contributed by atoms with Gasteiger partial charge in [-0.2, -0.15) is 0 Å². The van der Waals surface area contributed by atoms with Gasteiger partial charge in [-0.25, -0.2) is 0 Å². The minimum absolute atomic E-state index is 0.0478. The van der Waals surface area contributed by atoms with Crippen LogP contribution in [0, 0.1) is 0 Å². The Morgan fingerprint density at radius 2 is 1.94 bits per heavy atom. The van der Waals surface area contributed by atoms with Crippen LogP contribution in [0.3, 0.4) is 0 Å². The van der Waals surface area contributed by atoms with Crippen molar-refractivity contribution in [2.24, 2.45) is 0 Å². The van der Waals surface area contributed by atoms with Gasteiger partial charge in [0.05, 0.1) is 12.6 Å². The second-order valence-corrected chi connectivity index (χ2v) is 4.93. The van der Waals surface area contributed by atoms with Gasteiger partial charge in [-0.15, -0.1) is 0 Å². The number of amides is 1. The highest BCUT2D eigenvalue weighted by atomic mass is 16.5. The molecule has 1 aliphatic heterocycles. The Labute approximate surface area is 109 Å². The Bertz CT molecular complexity index is 261. The van der Waals surface area contributed by atoms with E-state index in [9.17, 15) is 9.90 Å². The summed E-state index contributed by atoms with van der Waals surface area (Å²) in [7, 11) is 0. The first-order valence-electron chi connectivity index (χ1n) is 6.83. The van der Waals surface area contributed by atoms with Crippen molar-refractivity contribution in [1.29, 1.82) is 0 Å².